The quantitative estimate of drug-likeness (QED) is 0.717. The molecule has 4 bridgehead atoms. The molecule has 1 saturated heterocycles. The lowest BCUT2D eigenvalue weighted by Gasteiger charge is -2.61. The fourth-order valence-corrected chi connectivity index (χ4v) is 7.11. The van der Waals surface area contributed by atoms with Crippen molar-refractivity contribution in [3.05, 3.63) is 0 Å². The van der Waals surface area contributed by atoms with Crippen LogP contribution in [0.25, 0.3) is 0 Å². The minimum absolute atomic E-state index is 0.116. The van der Waals surface area contributed by atoms with Crippen LogP contribution in [0, 0.1) is 34.5 Å². The number of hydrogen-bond acceptors (Lipinski definition) is 5. The average molecular weight is 315 g/mol. The Morgan fingerprint density at radius 2 is 1.91 bits per heavy atom. The van der Waals surface area contributed by atoms with Crippen LogP contribution in [-0.4, -0.2) is 34.1 Å². The van der Waals surface area contributed by atoms with Gasteiger partial charge in [0.15, 0.2) is 5.78 Å². The van der Waals surface area contributed by atoms with Crippen LogP contribution in [0.3, 0.4) is 0 Å². The molecule has 5 aliphatic carbocycles. The monoisotopic (exact) mass is 315 g/mol. The summed E-state index contributed by atoms with van der Waals surface area (Å²) in [6, 6.07) is 1.55. The zero-order valence-electron chi connectivity index (χ0n) is 13.4. The molecule has 5 nitrogen and oxygen atoms in total. The summed E-state index contributed by atoms with van der Waals surface area (Å²) >= 11 is 0. The van der Waals surface area contributed by atoms with Gasteiger partial charge in [0.25, 0.3) is 0 Å². The molecule has 5 saturated carbocycles. The first-order valence-corrected chi connectivity index (χ1v) is 9.08. The molecule has 5 heteroatoms. The van der Waals surface area contributed by atoms with Gasteiger partial charge in [0, 0.05) is 0 Å². The van der Waals surface area contributed by atoms with E-state index in [1.807, 2.05) is 0 Å². The third kappa shape index (κ3) is 1.80. The topological polar surface area (TPSA) is 99.1 Å². The number of hydrogen-bond donors (Lipinski definition) is 3. The van der Waals surface area contributed by atoms with Crippen molar-refractivity contribution < 1.29 is 9.90 Å². The van der Waals surface area contributed by atoms with Crippen molar-refractivity contribution in [1.29, 1.82) is 5.26 Å². The number of rotatable bonds is 3. The molecule has 6 atom stereocenters. The van der Waals surface area contributed by atoms with E-state index in [0.29, 0.717) is 24.2 Å². The SMILES string of the molecule is N#C[C@@H]1C[C@@H]2C[C@]2(C(=O)[C@@H](N)C23CC4CC(CC(O)(C4)C2)C3)N1. The molecule has 1 heterocycles. The third-order valence-electron chi connectivity index (χ3n) is 7.67. The van der Waals surface area contributed by atoms with Crippen LogP contribution in [-0.2, 0) is 4.79 Å². The molecule has 0 spiro atoms. The summed E-state index contributed by atoms with van der Waals surface area (Å²) in [4.78, 5) is 13.2. The summed E-state index contributed by atoms with van der Waals surface area (Å²) in [7, 11) is 0. The van der Waals surface area contributed by atoms with Crippen LogP contribution in [0.15, 0.2) is 0 Å². The van der Waals surface area contributed by atoms with E-state index in [2.05, 4.69) is 11.4 Å². The Labute approximate surface area is 136 Å². The van der Waals surface area contributed by atoms with E-state index in [0.717, 1.165) is 38.5 Å². The molecule has 1 aliphatic heterocycles. The van der Waals surface area contributed by atoms with Crippen molar-refractivity contribution in [2.75, 3.05) is 0 Å². The van der Waals surface area contributed by atoms with E-state index < -0.39 is 17.2 Å². The smallest absolute Gasteiger partial charge is 0.170 e. The molecule has 23 heavy (non-hydrogen) atoms. The molecular formula is C18H25N3O2. The van der Waals surface area contributed by atoms with E-state index in [-0.39, 0.29) is 17.2 Å². The molecule has 0 aromatic rings. The number of nitrogens with two attached hydrogens (primary N) is 1. The van der Waals surface area contributed by atoms with Crippen molar-refractivity contribution in [1.82, 2.24) is 5.32 Å². The second-order valence-corrected chi connectivity index (χ2v) is 9.32. The fraction of sp³-hybridized carbons (Fsp3) is 0.889. The molecule has 0 radical (unpaired) electrons. The lowest BCUT2D eigenvalue weighted by molar-refractivity contribution is -0.174. The van der Waals surface area contributed by atoms with Gasteiger partial charge >= 0.3 is 0 Å². The van der Waals surface area contributed by atoms with Gasteiger partial charge in [-0.15, -0.1) is 0 Å². The summed E-state index contributed by atoms with van der Waals surface area (Å²) in [5.74, 6) is 1.49. The number of piperidine rings is 1. The van der Waals surface area contributed by atoms with E-state index in [9.17, 15) is 9.90 Å². The summed E-state index contributed by atoms with van der Waals surface area (Å²) in [5.41, 5.74) is 5.26. The number of aliphatic hydroxyl groups is 1. The number of ketones is 1. The summed E-state index contributed by atoms with van der Waals surface area (Å²) < 4.78 is 0. The van der Waals surface area contributed by atoms with Gasteiger partial charge in [0.2, 0.25) is 0 Å². The van der Waals surface area contributed by atoms with Crippen molar-refractivity contribution in [2.24, 2.45) is 28.9 Å². The number of fused-ring (bicyclic) bond motifs is 1. The van der Waals surface area contributed by atoms with E-state index in [4.69, 9.17) is 11.0 Å². The Balaban J connectivity index is 1.42. The molecule has 0 aromatic carbocycles. The number of carbonyl (C=O) groups is 1. The van der Waals surface area contributed by atoms with E-state index in [1.54, 1.807) is 0 Å². The maximum Gasteiger partial charge on any atom is 0.170 e. The first-order valence-electron chi connectivity index (χ1n) is 9.08. The largest absolute Gasteiger partial charge is 0.390 e. The minimum atomic E-state index is -0.582. The second kappa shape index (κ2) is 4.17. The maximum absolute atomic E-state index is 13.2. The lowest BCUT2D eigenvalue weighted by Crippen LogP contribution is -2.65. The van der Waals surface area contributed by atoms with Gasteiger partial charge in [-0.25, -0.2) is 0 Å². The highest BCUT2D eigenvalue weighted by Crippen LogP contribution is 2.64. The van der Waals surface area contributed by atoms with Crippen LogP contribution < -0.4 is 11.1 Å². The van der Waals surface area contributed by atoms with Gasteiger partial charge in [-0.3, -0.25) is 10.1 Å². The fourth-order valence-electron chi connectivity index (χ4n) is 7.11. The average Bonchev–Trinajstić information content (AvgIpc) is 3.05. The van der Waals surface area contributed by atoms with Gasteiger partial charge in [0.1, 0.15) is 0 Å². The highest BCUT2D eigenvalue weighted by Gasteiger charge is 2.69. The van der Waals surface area contributed by atoms with E-state index >= 15 is 0 Å². The third-order valence-corrected chi connectivity index (χ3v) is 7.67. The summed E-state index contributed by atoms with van der Waals surface area (Å²) in [6.07, 6.45) is 7.31. The van der Waals surface area contributed by atoms with Gasteiger partial charge in [-0.2, -0.15) is 5.26 Å². The van der Waals surface area contributed by atoms with Crippen LogP contribution >= 0.6 is 0 Å². The lowest BCUT2D eigenvalue weighted by atomic mass is 9.45. The highest BCUT2D eigenvalue weighted by atomic mass is 16.3. The van der Waals surface area contributed by atoms with Crippen molar-refractivity contribution in [3.63, 3.8) is 0 Å². The normalized spacial score (nSPS) is 56.9. The Bertz CT molecular complexity index is 612. The minimum Gasteiger partial charge on any atom is -0.390 e. The van der Waals surface area contributed by atoms with Gasteiger partial charge in [-0.1, -0.05) is 0 Å². The predicted octanol–water partition coefficient (Wildman–Crippen LogP) is 0.858. The number of nitriles is 1. The molecule has 6 fully saturated rings. The zero-order chi connectivity index (χ0) is 16.0. The molecule has 0 aromatic heterocycles. The van der Waals surface area contributed by atoms with Gasteiger partial charge in [0.05, 0.1) is 29.3 Å². The standard InChI is InChI=1S/C18H25N3O2/c19-8-13-2-12-7-18(12,21-13)15(22)14(20)16-3-10-1-11(4-16)6-17(23,5-10)9-16/h10-14,21,23H,1-7,9,20H2/t10?,11?,12-,13+,14-,16?,17?,18+/m1/s1. The highest BCUT2D eigenvalue weighted by molar-refractivity contribution is 5.97. The van der Waals surface area contributed by atoms with Crippen LogP contribution in [0.1, 0.15) is 51.4 Å². The molecule has 0 amide bonds. The number of Topliss-reactive ketones (excluding diaryl/α,β-unsaturated/α-hetero) is 1. The molecular weight excluding hydrogens is 290 g/mol. The predicted molar refractivity (Wildman–Crippen MR) is 83.0 cm³/mol. The Kier molecular flexibility index (Phi) is 2.61. The van der Waals surface area contributed by atoms with Crippen molar-refractivity contribution >= 4 is 5.78 Å². The Morgan fingerprint density at radius 1 is 1.22 bits per heavy atom. The molecule has 4 N–H and O–H groups in total. The number of carbonyl (C=O) groups excluding carboxylic acids is 1. The van der Waals surface area contributed by atoms with E-state index in [1.165, 1.54) is 6.42 Å². The van der Waals surface area contributed by atoms with Gasteiger partial charge < -0.3 is 10.8 Å². The molecule has 124 valence electrons. The van der Waals surface area contributed by atoms with Crippen molar-refractivity contribution in [2.45, 2.75) is 74.6 Å². The summed E-state index contributed by atoms with van der Waals surface area (Å²) in [5, 5.41) is 23.3. The molecule has 6 rings (SSSR count). The molecule has 2 unspecified atom stereocenters. The number of nitrogens with one attached hydrogen (secondary N) is 1. The zero-order valence-corrected chi connectivity index (χ0v) is 13.4. The van der Waals surface area contributed by atoms with Crippen LogP contribution in [0.2, 0.25) is 0 Å². The van der Waals surface area contributed by atoms with Crippen LogP contribution in [0.4, 0.5) is 0 Å². The van der Waals surface area contributed by atoms with Crippen molar-refractivity contribution in [3.8, 4) is 6.07 Å². The first kappa shape index (κ1) is 14.4. The maximum atomic E-state index is 13.2. The second-order valence-electron chi connectivity index (χ2n) is 9.32. The summed E-state index contributed by atoms with van der Waals surface area (Å²) in [6.45, 7) is 0. The van der Waals surface area contributed by atoms with Gasteiger partial charge in [-0.05, 0) is 74.5 Å². The Morgan fingerprint density at radius 3 is 2.48 bits per heavy atom. The molecule has 6 aliphatic rings. The first-order chi connectivity index (χ1) is 10.9. The number of nitrogens with zero attached hydrogens (tertiary/aromatic N) is 1. The van der Waals surface area contributed by atoms with Crippen LogP contribution in [0.5, 0.6) is 0 Å². The Hall–Kier alpha value is -0.960.